The van der Waals surface area contributed by atoms with Crippen molar-refractivity contribution in [1.29, 1.82) is 0 Å². The van der Waals surface area contributed by atoms with Gasteiger partial charge in [-0.1, -0.05) is 12.1 Å². The molecular weight excluding hydrogens is 407 g/mol. The summed E-state index contributed by atoms with van der Waals surface area (Å²) in [6.07, 6.45) is -5.12. The van der Waals surface area contributed by atoms with Crippen LogP contribution < -0.4 is 18.9 Å². The quantitative estimate of drug-likeness (QED) is 0.767. The second-order valence-corrected chi connectivity index (χ2v) is 7.10. The van der Waals surface area contributed by atoms with Crippen LogP contribution in [0.25, 0.3) is 0 Å². The molecule has 0 fully saturated rings. The van der Waals surface area contributed by atoms with E-state index in [1.807, 2.05) is 4.72 Å². The zero-order chi connectivity index (χ0) is 20.5. The number of sulfonamides is 1. The van der Waals surface area contributed by atoms with Crippen LogP contribution in [0.2, 0.25) is 0 Å². The molecule has 150 valence electrons. The Balaban J connectivity index is 2.03. The smallest absolute Gasteiger partial charge is 0.486 e. The molecule has 2 aromatic carbocycles. The zero-order valence-corrected chi connectivity index (χ0v) is 14.6. The molecule has 0 spiro atoms. The third-order valence-electron chi connectivity index (χ3n) is 3.52. The molecule has 0 aliphatic carbocycles. The van der Waals surface area contributed by atoms with Crippen LogP contribution in [0.4, 0.5) is 18.9 Å². The second kappa shape index (κ2) is 7.11. The number of nitrogens with one attached hydrogen (secondary N) is 1. The van der Waals surface area contributed by atoms with E-state index in [1.165, 1.54) is 6.07 Å². The lowest BCUT2D eigenvalue weighted by Gasteiger charge is -2.21. The maximum atomic E-state index is 12.6. The summed E-state index contributed by atoms with van der Waals surface area (Å²) in [6, 6.07) is 6.22. The summed E-state index contributed by atoms with van der Waals surface area (Å²) in [5.41, 5.74) is -0.874. The van der Waals surface area contributed by atoms with E-state index >= 15 is 0 Å². The Labute approximate surface area is 156 Å². The number of ether oxygens (including phenoxy) is 3. The Hall–Kier alpha value is -3.15. The van der Waals surface area contributed by atoms with Crippen molar-refractivity contribution >= 4 is 21.7 Å². The number of anilines is 1. The summed E-state index contributed by atoms with van der Waals surface area (Å²) < 4.78 is 79.1. The van der Waals surface area contributed by atoms with Crippen molar-refractivity contribution in [1.82, 2.24) is 0 Å². The number of carboxylic acids is 1. The minimum atomic E-state index is -5.12. The third-order valence-corrected chi connectivity index (χ3v) is 4.93. The van der Waals surface area contributed by atoms with Gasteiger partial charge in [0, 0.05) is 12.1 Å². The van der Waals surface area contributed by atoms with Crippen molar-refractivity contribution in [2.45, 2.75) is 11.3 Å². The number of alkyl halides is 3. The minimum absolute atomic E-state index is 0.0915. The summed E-state index contributed by atoms with van der Waals surface area (Å²) >= 11 is 0. The first-order valence-electron chi connectivity index (χ1n) is 7.61. The highest BCUT2D eigenvalue weighted by molar-refractivity contribution is 7.92. The van der Waals surface area contributed by atoms with Gasteiger partial charge in [0.1, 0.15) is 23.9 Å². The SMILES string of the molecule is O=C(O)c1cc2c(cc1NS(=O)(=O)c1ccccc1OC(F)(F)F)OCCO2. The first-order chi connectivity index (χ1) is 13.1. The molecule has 2 aromatic rings. The average molecular weight is 419 g/mol. The lowest BCUT2D eigenvalue weighted by Crippen LogP contribution is -2.22. The number of para-hydroxylation sites is 1. The van der Waals surface area contributed by atoms with E-state index in [2.05, 4.69) is 4.74 Å². The van der Waals surface area contributed by atoms with Crippen LogP contribution >= 0.6 is 0 Å². The van der Waals surface area contributed by atoms with Gasteiger partial charge in [0.25, 0.3) is 10.0 Å². The van der Waals surface area contributed by atoms with E-state index < -0.39 is 44.3 Å². The Morgan fingerprint density at radius 2 is 1.71 bits per heavy atom. The first-order valence-corrected chi connectivity index (χ1v) is 9.10. The molecule has 0 unspecified atom stereocenters. The van der Waals surface area contributed by atoms with Crippen molar-refractivity contribution in [2.75, 3.05) is 17.9 Å². The Morgan fingerprint density at radius 1 is 1.11 bits per heavy atom. The molecule has 0 saturated carbocycles. The lowest BCUT2D eigenvalue weighted by molar-refractivity contribution is -0.275. The molecule has 2 N–H and O–H groups in total. The molecule has 8 nitrogen and oxygen atoms in total. The number of aromatic carboxylic acids is 1. The van der Waals surface area contributed by atoms with E-state index in [-0.39, 0.29) is 24.7 Å². The highest BCUT2D eigenvalue weighted by Crippen LogP contribution is 2.37. The predicted molar refractivity (Wildman–Crippen MR) is 88.3 cm³/mol. The number of hydrogen-bond donors (Lipinski definition) is 2. The topological polar surface area (TPSA) is 111 Å². The molecule has 12 heteroatoms. The summed E-state index contributed by atoms with van der Waals surface area (Å²) in [6.45, 7) is 0.340. The Morgan fingerprint density at radius 3 is 2.32 bits per heavy atom. The molecule has 0 saturated heterocycles. The second-order valence-electron chi connectivity index (χ2n) is 5.45. The Kier molecular flexibility index (Phi) is 4.98. The molecule has 0 atom stereocenters. The molecule has 1 aliphatic heterocycles. The molecule has 3 rings (SSSR count). The van der Waals surface area contributed by atoms with Crippen LogP contribution in [0, 0.1) is 0 Å². The van der Waals surface area contributed by atoms with E-state index in [4.69, 9.17) is 9.47 Å². The summed E-state index contributed by atoms with van der Waals surface area (Å²) in [5, 5.41) is 9.34. The fraction of sp³-hybridized carbons (Fsp3) is 0.188. The van der Waals surface area contributed by atoms with Crippen molar-refractivity contribution in [3.8, 4) is 17.2 Å². The zero-order valence-electron chi connectivity index (χ0n) is 13.8. The molecule has 28 heavy (non-hydrogen) atoms. The molecule has 1 aliphatic rings. The van der Waals surface area contributed by atoms with E-state index in [9.17, 15) is 31.5 Å². The van der Waals surface area contributed by atoms with Gasteiger partial charge in [-0.15, -0.1) is 13.2 Å². The number of carbonyl (C=O) groups is 1. The Bertz CT molecular complexity index is 1020. The largest absolute Gasteiger partial charge is 0.573 e. The summed E-state index contributed by atoms with van der Waals surface area (Å²) in [5.74, 6) is -2.24. The fourth-order valence-electron chi connectivity index (χ4n) is 2.43. The summed E-state index contributed by atoms with van der Waals surface area (Å²) in [7, 11) is -4.63. The van der Waals surface area contributed by atoms with Crippen LogP contribution in [-0.4, -0.2) is 39.1 Å². The van der Waals surface area contributed by atoms with Gasteiger partial charge in [0.05, 0.1) is 11.3 Å². The van der Waals surface area contributed by atoms with E-state index in [1.54, 1.807) is 0 Å². The molecule has 1 heterocycles. The van der Waals surface area contributed by atoms with Crippen molar-refractivity contribution in [3.05, 3.63) is 42.0 Å². The van der Waals surface area contributed by atoms with Crippen LogP contribution in [0.1, 0.15) is 10.4 Å². The van der Waals surface area contributed by atoms with E-state index in [0.717, 1.165) is 30.3 Å². The number of hydrogen-bond acceptors (Lipinski definition) is 6. The fourth-order valence-corrected chi connectivity index (χ4v) is 3.63. The van der Waals surface area contributed by atoms with Crippen LogP contribution in [0.3, 0.4) is 0 Å². The predicted octanol–water partition coefficient (Wildman–Crippen LogP) is 2.86. The number of benzene rings is 2. The van der Waals surface area contributed by atoms with Gasteiger partial charge >= 0.3 is 12.3 Å². The van der Waals surface area contributed by atoms with Crippen LogP contribution in [0.15, 0.2) is 41.3 Å². The van der Waals surface area contributed by atoms with Gasteiger partial charge < -0.3 is 19.3 Å². The molecule has 0 amide bonds. The van der Waals surface area contributed by atoms with Gasteiger partial charge in [0.2, 0.25) is 0 Å². The monoisotopic (exact) mass is 419 g/mol. The summed E-state index contributed by atoms with van der Waals surface area (Å²) in [4.78, 5) is 10.7. The minimum Gasteiger partial charge on any atom is -0.486 e. The maximum absolute atomic E-state index is 12.6. The first kappa shape index (κ1) is 19.6. The molecular formula is C16H12F3NO7S. The lowest BCUT2D eigenvalue weighted by atomic mass is 10.1. The standard InChI is InChI=1S/C16H12F3NO7S/c17-16(18,19)27-11-3-1-2-4-14(11)28(23,24)20-10-8-13-12(25-5-6-26-13)7-9(10)15(21)22/h1-4,7-8,20H,5-6H2,(H,21,22). The van der Waals surface area contributed by atoms with Gasteiger partial charge in [-0.2, -0.15) is 0 Å². The number of carboxylic acid groups (broad SMARTS) is 1. The van der Waals surface area contributed by atoms with Crippen molar-refractivity contribution < 1.29 is 45.7 Å². The van der Waals surface area contributed by atoms with Gasteiger partial charge in [-0.3, -0.25) is 4.72 Å². The number of halogens is 3. The molecule has 0 aromatic heterocycles. The van der Waals surface area contributed by atoms with Gasteiger partial charge in [-0.05, 0) is 12.1 Å². The third kappa shape index (κ3) is 4.22. The number of rotatable bonds is 5. The van der Waals surface area contributed by atoms with Crippen LogP contribution in [-0.2, 0) is 10.0 Å². The average Bonchev–Trinajstić information content (AvgIpc) is 2.59. The van der Waals surface area contributed by atoms with Crippen molar-refractivity contribution in [3.63, 3.8) is 0 Å². The highest BCUT2D eigenvalue weighted by atomic mass is 32.2. The maximum Gasteiger partial charge on any atom is 0.573 e. The normalized spacial score (nSPS) is 13.7. The van der Waals surface area contributed by atoms with Gasteiger partial charge in [0.15, 0.2) is 11.5 Å². The van der Waals surface area contributed by atoms with Gasteiger partial charge in [-0.25, -0.2) is 13.2 Å². The van der Waals surface area contributed by atoms with Crippen molar-refractivity contribution in [2.24, 2.45) is 0 Å². The molecule has 0 bridgehead atoms. The molecule has 0 radical (unpaired) electrons. The van der Waals surface area contributed by atoms with Crippen LogP contribution in [0.5, 0.6) is 17.2 Å². The number of fused-ring (bicyclic) bond motifs is 1. The highest BCUT2D eigenvalue weighted by Gasteiger charge is 2.34. The van der Waals surface area contributed by atoms with E-state index in [0.29, 0.717) is 0 Å².